The fraction of sp³-hybridized carbons (Fsp3) is 0.250. The number of hydrazone groups is 1. The van der Waals surface area contributed by atoms with Crippen LogP contribution in [0.25, 0.3) is 0 Å². The van der Waals surface area contributed by atoms with Gasteiger partial charge in [0.2, 0.25) is 0 Å². The topological polar surface area (TPSA) is 112 Å². The molecule has 0 radical (unpaired) electrons. The predicted molar refractivity (Wildman–Crippen MR) is 80.2 cm³/mol. The SMILES string of the molecule is COc1nn(C(C)C(=O)N/N=C/c2ccc(F)s2)cc1[N+](=O)[O-]. The average molecular weight is 341 g/mol. The molecule has 122 valence electrons. The molecule has 0 aromatic carbocycles. The molecule has 9 nitrogen and oxygen atoms in total. The van der Waals surface area contributed by atoms with Crippen molar-refractivity contribution in [2.75, 3.05) is 7.11 Å². The summed E-state index contributed by atoms with van der Waals surface area (Å²) in [6.07, 6.45) is 2.39. The minimum atomic E-state index is -0.852. The predicted octanol–water partition coefficient (Wildman–Crippen LogP) is 1.71. The number of aromatic nitrogens is 2. The van der Waals surface area contributed by atoms with Crippen LogP contribution in [0.1, 0.15) is 17.8 Å². The molecule has 0 fully saturated rings. The van der Waals surface area contributed by atoms with Crippen molar-refractivity contribution in [3.63, 3.8) is 0 Å². The number of ether oxygens (including phenoxy) is 1. The summed E-state index contributed by atoms with van der Waals surface area (Å²) >= 11 is 0.879. The Morgan fingerprint density at radius 2 is 2.39 bits per heavy atom. The smallest absolute Gasteiger partial charge is 0.350 e. The summed E-state index contributed by atoms with van der Waals surface area (Å²) in [5.41, 5.74) is 1.91. The van der Waals surface area contributed by atoms with E-state index in [4.69, 9.17) is 4.74 Å². The van der Waals surface area contributed by atoms with E-state index in [2.05, 4.69) is 15.6 Å². The summed E-state index contributed by atoms with van der Waals surface area (Å²) in [4.78, 5) is 22.7. The molecule has 1 N–H and O–H groups in total. The maximum absolute atomic E-state index is 12.8. The standard InChI is InChI=1S/C12H12FN5O4S/c1-7(17-6-9(18(20)21)12(16-17)22-2)11(19)15-14-5-8-3-4-10(13)23-8/h3-7H,1-2H3,(H,15,19)/b14-5+. The second-order valence-electron chi connectivity index (χ2n) is 4.31. The molecule has 0 aliphatic rings. The molecule has 0 saturated carbocycles. The number of nitro groups is 1. The maximum atomic E-state index is 12.8. The Labute approximate surface area is 133 Å². The summed E-state index contributed by atoms with van der Waals surface area (Å²) in [6, 6.07) is 1.95. The van der Waals surface area contributed by atoms with Gasteiger partial charge in [-0.3, -0.25) is 14.9 Å². The molecular formula is C12H12FN5O4S. The number of halogens is 1. The van der Waals surface area contributed by atoms with Crippen molar-refractivity contribution >= 4 is 29.1 Å². The van der Waals surface area contributed by atoms with E-state index in [1.54, 1.807) is 0 Å². The zero-order valence-electron chi connectivity index (χ0n) is 12.1. The first kappa shape index (κ1) is 16.5. The number of rotatable bonds is 6. The lowest BCUT2D eigenvalue weighted by Crippen LogP contribution is -2.27. The number of nitrogens with zero attached hydrogens (tertiary/aromatic N) is 4. The Hall–Kier alpha value is -2.82. The number of methoxy groups -OCH3 is 1. The highest BCUT2D eigenvalue weighted by Gasteiger charge is 2.25. The zero-order valence-corrected chi connectivity index (χ0v) is 12.9. The molecule has 0 saturated heterocycles. The van der Waals surface area contributed by atoms with E-state index in [1.165, 1.54) is 32.4 Å². The first-order valence-electron chi connectivity index (χ1n) is 6.28. The molecule has 2 aromatic heterocycles. The number of hydrogen-bond donors (Lipinski definition) is 1. The van der Waals surface area contributed by atoms with Crippen molar-refractivity contribution in [1.82, 2.24) is 15.2 Å². The quantitative estimate of drug-likeness (QED) is 0.488. The van der Waals surface area contributed by atoms with Gasteiger partial charge < -0.3 is 4.74 Å². The molecule has 1 amide bonds. The molecule has 11 heteroatoms. The van der Waals surface area contributed by atoms with Gasteiger partial charge >= 0.3 is 11.6 Å². The monoisotopic (exact) mass is 341 g/mol. The van der Waals surface area contributed by atoms with Crippen LogP contribution in [-0.2, 0) is 4.79 Å². The third kappa shape index (κ3) is 3.88. The lowest BCUT2D eigenvalue weighted by molar-refractivity contribution is -0.385. The third-order valence-electron chi connectivity index (χ3n) is 2.81. The maximum Gasteiger partial charge on any atom is 0.350 e. The summed E-state index contributed by atoms with van der Waals surface area (Å²) in [7, 11) is 1.24. The molecule has 2 aromatic rings. The zero-order chi connectivity index (χ0) is 17.0. The van der Waals surface area contributed by atoms with Crippen LogP contribution in [0.4, 0.5) is 10.1 Å². The fourth-order valence-corrected chi connectivity index (χ4v) is 2.21. The van der Waals surface area contributed by atoms with Crippen LogP contribution in [0.2, 0.25) is 0 Å². The van der Waals surface area contributed by atoms with Gasteiger partial charge in [-0.05, 0) is 19.1 Å². The van der Waals surface area contributed by atoms with Gasteiger partial charge in [-0.2, -0.15) is 9.49 Å². The van der Waals surface area contributed by atoms with Gasteiger partial charge in [-0.25, -0.2) is 10.1 Å². The van der Waals surface area contributed by atoms with Gasteiger partial charge in [0.05, 0.1) is 23.1 Å². The largest absolute Gasteiger partial charge is 0.475 e. The van der Waals surface area contributed by atoms with E-state index in [9.17, 15) is 19.3 Å². The van der Waals surface area contributed by atoms with Gasteiger partial charge in [0.25, 0.3) is 5.91 Å². The summed E-state index contributed by atoms with van der Waals surface area (Å²) in [6.45, 7) is 1.49. The van der Waals surface area contributed by atoms with E-state index in [-0.39, 0.29) is 16.7 Å². The minimum absolute atomic E-state index is 0.188. The third-order valence-corrected chi connectivity index (χ3v) is 3.62. The molecule has 23 heavy (non-hydrogen) atoms. The van der Waals surface area contributed by atoms with Crippen molar-refractivity contribution in [3.05, 3.63) is 38.5 Å². The van der Waals surface area contributed by atoms with Crippen LogP contribution < -0.4 is 10.2 Å². The Morgan fingerprint density at radius 3 is 2.91 bits per heavy atom. The van der Waals surface area contributed by atoms with Crippen molar-refractivity contribution in [2.45, 2.75) is 13.0 Å². The Morgan fingerprint density at radius 1 is 1.65 bits per heavy atom. The van der Waals surface area contributed by atoms with Crippen LogP contribution >= 0.6 is 11.3 Å². The number of carbonyl (C=O) groups is 1. The second-order valence-corrected chi connectivity index (χ2v) is 5.38. The van der Waals surface area contributed by atoms with E-state index in [0.29, 0.717) is 4.88 Å². The summed E-state index contributed by atoms with van der Waals surface area (Å²) in [5.74, 6) is -0.731. The van der Waals surface area contributed by atoms with Crippen LogP contribution in [0, 0.1) is 15.2 Å². The minimum Gasteiger partial charge on any atom is -0.475 e. The summed E-state index contributed by atoms with van der Waals surface area (Å²) < 4.78 is 18.7. The van der Waals surface area contributed by atoms with Crippen LogP contribution in [0.15, 0.2) is 23.4 Å². The molecule has 2 rings (SSSR count). The van der Waals surface area contributed by atoms with Gasteiger partial charge in [0.15, 0.2) is 5.13 Å². The van der Waals surface area contributed by atoms with Crippen LogP contribution in [0.3, 0.4) is 0 Å². The molecule has 0 aliphatic carbocycles. The lowest BCUT2D eigenvalue weighted by atomic mass is 10.3. The number of carbonyl (C=O) groups excluding carboxylic acids is 1. The van der Waals surface area contributed by atoms with Crippen LogP contribution in [-0.4, -0.2) is 33.9 Å². The Balaban J connectivity index is 2.04. The Bertz CT molecular complexity index is 756. The molecule has 0 spiro atoms. The molecule has 1 atom stereocenters. The normalized spacial score (nSPS) is 12.3. The van der Waals surface area contributed by atoms with Gasteiger partial charge in [-0.15, -0.1) is 16.4 Å². The first-order chi connectivity index (χ1) is 10.9. The molecule has 0 aliphatic heterocycles. The van der Waals surface area contributed by atoms with Crippen molar-refractivity contribution in [3.8, 4) is 5.88 Å². The van der Waals surface area contributed by atoms with E-state index < -0.39 is 16.9 Å². The number of nitrogens with one attached hydrogen (secondary N) is 1. The molecule has 2 heterocycles. The van der Waals surface area contributed by atoms with Gasteiger partial charge in [0, 0.05) is 0 Å². The first-order valence-corrected chi connectivity index (χ1v) is 7.09. The number of hydrogen-bond acceptors (Lipinski definition) is 7. The molecular weight excluding hydrogens is 329 g/mol. The highest BCUT2D eigenvalue weighted by molar-refractivity contribution is 7.12. The van der Waals surface area contributed by atoms with E-state index in [0.717, 1.165) is 22.2 Å². The van der Waals surface area contributed by atoms with Crippen molar-refractivity contribution < 1.29 is 18.8 Å². The highest BCUT2D eigenvalue weighted by Crippen LogP contribution is 2.25. The lowest BCUT2D eigenvalue weighted by Gasteiger charge is -2.08. The summed E-state index contributed by atoms with van der Waals surface area (Å²) in [5, 5.41) is 18.0. The fourth-order valence-electron chi connectivity index (χ4n) is 1.61. The van der Waals surface area contributed by atoms with Crippen molar-refractivity contribution in [2.24, 2.45) is 5.10 Å². The number of amides is 1. The highest BCUT2D eigenvalue weighted by atomic mass is 32.1. The van der Waals surface area contributed by atoms with E-state index in [1.807, 2.05) is 0 Å². The molecule has 0 bridgehead atoms. The number of thiophene rings is 1. The van der Waals surface area contributed by atoms with Crippen LogP contribution in [0.5, 0.6) is 5.88 Å². The van der Waals surface area contributed by atoms with Crippen molar-refractivity contribution in [1.29, 1.82) is 0 Å². The van der Waals surface area contributed by atoms with Gasteiger partial charge in [0.1, 0.15) is 12.2 Å². The van der Waals surface area contributed by atoms with Gasteiger partial charge in [-0.1, -0.05) is 0 Å². The average Bonchev–Trinajstić information content (AvgIpc) is 3.12. The Kier molecular flexibility index (Phi) is 5.01. The van der Waals surface area contributed by atoms with E-state index >= 15 is 0 Å². The second kappa shape index (κ2) is 6.96. The molecule has 1 unspecified atom stereocenters.